The molecule has 2 heterocycles. The molecule has 0 atom stereocenters. The molecule has 0 unspecified atom stereocenters. The minimum Gasteiger partial charge on any atom is -0.451 e. The second-order valence-corrected chi connectivity index (χ2v) is 9.20. The van der Waals surface area contributed by atoms with E-state index in [-0.39, 0.29) is 22.7 Å². The average Bonchev–Trinajstić information content (AvgIpc) is 3.13. The lowest BCUT2D eigenvalue weighted by molar-refractivity contribution is 0.0937. The predicted octanol–water partition coefficient (Wildman–Crippen LogP) is 4.32. The van der Waals surface area contributed by atoms with Crippen LogP contribution in [0.5, 0.6) is 0 Å². The van der Waals surface area contributed by atoms with Crippen LogP contribution in [0.3, 0.4) is 0 Å². The number of hydrogen-bond acceptors (Lipinski definition) is 6. The van der Waals surface area contributed by atoms with E-state index in [2.05, 4.69) is 10.6 Å². The first kappa shape index (κ1) is 22.5. The van der Waals surface area contributed by atoms with Gasteiger partial charge in [0.25, 0.3) is 11.8 Å². The number of benzene rings is 1. The Kier molecular flexibility index (Phi) is 6.64. The van der Waals surface area contributed by atoms with Crippen LogP contribution in [0.25, 0.3) is 11.0 Å². The lowest BCUT2D eigenvalue weighted by Crippen LogP contribution is -2.28. The molecule has 7 nitrogen and oxygen atoms in total. The van der Waals surface area contributed by atoms with E-state index in [4.69, 9.17) is 20.8 Å². The normalized spacial score (nSPS) is 13.1. The first-order chi connectivity index (χ1) is 15.4. The molecular weight excluding hydrogens is 452 g/mol. The molecule has 0 radical (unpaired) electrons. The number of fused-ring (bicyclic) bond motifs is 2. The molecule has 0 aliphatic heterocycles. The number of anilines is 1. The van der Waals surface area contributed by atoms with Gasteiger partial charge in [0.1, 0.15) is 10.6 Å². The molecular formula is C23H23ClN2O5S. The van der Waals surface area contributed by atoms with Gasteiger partial charge >= 0.3 is 0 Å². The summed E-state index contributed by atoms with van der Waals surface area (Å²) in [6.45, 7) is 2.55. The first-order valence-corrected chi connectivity index (χ1v) is 11.6. The van der Waals surface area contributed by atoms with Crippen LogP contribution in [0.15, 0.2) is 27.4 Å². The molecule has 0 saturated heterocycles. The Morgan fingerprint density at radius 3 is 2.75 bits per heavy atom. The van der Waals surface area contributed by atoms with Gasteiger partial charge in [0.05, 0.1) is 17.6 Å². The molecule has 0 saturated carbocycles. The van der Waals surface area contributed by atoms with Gasteiger partial charge in [-0.25, -0.2) is 0 Å². The van der Waals surface area contributed by atoms with Crippen molar-refractivity contribution in [2.75, 3.05) is 25.6 Å². The molecule has 2 aromatic heterocycles. The highest BCUT2D eigenvalue weighted by atomic mass is 35.5. The molecule has 3 aromatic rings. The molecule has 1 aromatic carbocycles. The highest BCUT2D eigenvalue weighted by molar-refractivity contribution is 7.17. The van der Waals surface area contributed by atoms with Crippen LogP contribution in [0, 0.1) is 6.92 Å². The van der Waals surface area contributed by atoms with Crippen molar-refractivity contribution < 1.29 is 18.7 Å². The van der Waals surface area contributed by atoms with Gasteiger partial charge < -0.3 is 19.8 Å². The fourth-order valence-electron chi connectivity index (χ4n) is 3.80. The Bertz CT molecular complexity index is 1260. The zero-order valence-corrected chi connectivity index (χ0v) is 19.4. The fraction of sp³-hybridized carbons (Fsp3) is 0.348. The third-order valence-corrected chi connectivity index (χ3v) is 7.06. The predicted molar refractivity (Wildman–Crippen MR) is 125 cm³/mol. The third-order valence-electron chi connectivity index (χ3n) is 5.45. The number of amides is 2. The van der Waals surface area contributed by atoms with E-state index in [0.29, 0.717) is 34.1 Å². The topological polar surface area (TPSA) is 97.6 Å². The molecule has 168 valence electrons. The molecule has 32 heavy (non-hydrogen) atoms. The smallest absolute Gasteiger partial charge is 0.292 e. The molecule has 4 rings (SSSR count). The van der Waals surface area contributed by atoms with Crippen LogP contribution in [-0.2, 0) is 17.6 Å². The molecule has 9 heteroatoms. The summed E-state index contributed by atoms with van der Waals surface area (Å²) in [5.41, 5.74) is 2.13. The number of carbonyl (C=O) groups excluding carboxylic acids is 2. The minimum atomic E-state index is -0.582. The molecule has 1 aliphatic carbocycles. The average molecular weight is 475 g/mol. The summed E-state index contributed by atoms with van der Waals surface area (Å²) in [6.07, 6.45) is 3.71. The van der Waals surface area contributed by atoms with Crippen molar-refractivity contribution in [2.24, 2.45) is 0 Å². The highest BCUT2D eigenvalue weighted by Gasteiger charge is 2.27. The Labute approximate surface area is 193 Å². The standard InChI is InChI=1S/C23H23ClN2O5S/c1-12-9-17-14(10-15(12)24)16(27)11-18(31-17)21(28)26-23-20(22(29)25-7-8-30-2)13-5-3-4-6-19(13)32-23/h9-11H,3-8H2,1-2H3,(H,25,29)(H,26,28). The van der Waals surface area contributed by atoms with E-state index in [1.807, 2.05) is 0 Å². The van der Waals surface area contributed by atoms with E-state index in [0.717, 1.165) is 47.8 Å². The van der Waals surface area contributed by atoms with Gasteiger partial charge in [0, 0.05) is 29.6 Å². The molecule has 1 aliphatic rings. The van der Waals surface area contributed by atoms with Gasteiger partial charge in [0.2, 0.25) is 0 Å². The molecule has 0 fully saturated rings. The highest BCUT2D eigenvalue weighted by Crippen LogP contribution is 2.38. The van der Waals surface area contributed by atoms with Crippen LogP contribution in [0.2, 0.25) is 5.02 Å². The summed E-state index contributed by atoms with van der Waals surface area (Å²) in [7, 11) is 1.57. The second kappa shape index (κ2) is 9.44. The van der Waals surface area contributed by atoms with Crippen LogP contribution in [0.1, 0.15) is 49.8 Å². The molecule has 2 amide bonds. The molecule has 2 N–H and O–H groups in total. The number of methoxy groups -OCH3 is 1. The number of thiophene rings is 1. The summed E-state index contributed by atoms with van der Waals surface area (Å²) < 4.78 is 10.7. The summed E-state index contributed by atoms with van der Waals surface area (Å²) in [6, 6.07) is 4.32. The number of ether oxygens (including phenoxy) is 1. The monoisotopic (exact) mass is 474 g/mol. The van der Waals surface area contributed by atoms with E-state index in [1.54, 1.807) is 20.1 Å². The van der Waals surface area contributed by atoms with E-state index in [1.165, 1.54) is 17.4 Å². The van der Waals surface area contributed by atoms with Crippen LogP contribution in [0.4, 0.5) is 5.00 Å². The van der Waals surface area contributed by atoms with Crippen LogP contribution < -0.4 is 16.1 Å². The maximum Gasteiger partial charge on any atom is 0.292 e. The van der Waals surface area contributed by atoms with Crippen LogP contribution in [-0.4, -0.2) is 32.1 Å². The molecule has 0 spiro atoms. The number of aryl methyl sites for hydroxylation is 2. The SMILES string of the molecule is COCCNC(=O)c1c(NC(=O)c2cc(=O)c3cc(Cl)c(C)cc3o2)sc2c1CCCC2. The van der Waals surface area contributed by atoms with Gasteiger partial charge in [-0.05, 0) is 55.9 Å². The Morgan fingerprint density at radius 1 is 1.19 bits per heavy atom. The zero-order chi connectivity index (χ0) is 22.8. The maximum absolute atomic E-state index is 13.0. The molecule has 0 bridgehead atoms. The van der Waals surface area contributed by atoms with E-state index >= 15 is 0 Å². The number of nitrogens with one attached hydrogen (secondary N) is 2. The second-order valence-electron chi connectivity index (χ2n) is 7.69. The van der Waals surface area contributed by atoms with Gasteiger partial charge in [0.15, 0.2) is 11.2 Å². The maximum atomic E-state index is 13.0. The third kappa shape index (κ3) is 4.44. The van der Waals surface area contributed by atoms with Crippen molar-refractivity contribution in [1.29, 1.82) is 0 Å². The van der Waals surface area contributed by atoms with Crippen molar-refractivity contribution in [1.82, 2.24) is 5.32 Å². The van der Waals surface area contributed by atoms with Crippen molar-refractivity contribution in [2.45, 2.75) is 32.6 Å². The number of halogens is 1. The summed E-state index contributed by atoms with van der Waals surface area (Å²) in [5.74, 6) is -0.954. The number of hydrogen-bond donors (Lipinski definition) is 2. The van der Waals surface area contributed by atoms with Gasteiger partial charge in [-0.1, -0.05) is 11.6 Å². The van der Waals surface area contributed by atoms with Gasteiger partial charge in [-0.3, -0.25) is 14.4 Å². The fourth-order valence-corrected chi connectivity index (χ4v) is 5.25. The van der Waals surface area contributed by atoms with Gasteiger partial charge in [-0.2, -0.15) is 0 Å². The van der Waals surface area contributed by atoms with Crippen LogP contribution >= 0.6 is 22.9 Å². The summed E-state index contributed by atoms with van der Waals surface area (Å²) in [4.78, 5) is 39.5. The van der Waals surface area contributed by atoms with E-state index in [9.17, 15) is 14.4 Å². The van der Waals surface area contributed by atoms with Crippen molar-refractivity contribution in [3.05, 3.63) is 60.8 Å². The van der Waals surface area contributed by atoms with Crippen molar-refractivity contribution in [3.63, 3.8) is 0 Å². The van der Waals surface area contributed by atoms with E-state index < -0.39 is 5.91 Å². The minimum absolute atomic E-state index is 0.124. The van der Waals surface area contributed by atoms with Crippen molar-refractivity contribution in [3.8, 4) is 0 Å². The number of rotatable bonds is 6. The largest absolute Gasteiger partial charge is 0.451 e. The lowest BCUT2D eigenvalue weighted by Gasteiger charge is -2.13. The summed E-state index contributed by atoms with van der Waals surface area (Å²) >= 11 is 7.51. The zero-order valence-electron chi connectivity index (χ0n) is 17.8. The lowest BCUT2D eigenvalue weighted by atomic mass is 9.95. The summed E-state index contributed by atoms with van der Waals surface area (Å²) in [5, 5.41) is 6.87. The Morgan fingerprint density at radius 2 is 1.97 bits per heavy atom. The first-order valence-electron chi connectivity index (χ1n) is 10.4. The van der Waals surface area contributed by atoms with Crippen molar-refractivity contribution >= 4 is 50.7 Å². The Balaban J connectivity index is 1.67. The Hall–Kier alpha value is -2.68. The quantitative estimate of drug-likeness (QED) is 0.518. The van der Waals surface area contributed by atoms with Gasteiger partial charge in [-0.15, -0.1) is 11.3 Å². The number of carbonyl (C=O) groups is 2.